The van der Waals surface area contributed by atoms with E-state index in [0.29, 0.717) is 10.0 Å². The molecule has 0 radical (unpaired) electrons. The van der Waals surface area contributed by atoms with Crippen LogP contribution in [0.25, 0.3) is 0 Å². The Morgan fingerprint density at radius 1 is 1.67 bits per heavy atom. The van der Waals surface area contributed by atoms with Crippen LogP contribution < -0.4 is 5.84 Å². The van der Waals surface area contributed by atoms with Gasteiger partial charge in [0.2, 0.25) is 0 Å². The van der Waals surface area contributed by atoms with Crippen molar-refractivity contribution in [3.05, 3.63) is 34.1 Å². The van der Waals surface area contributed by atoms with Crippen molar-refractivity contribution in [2.45, 2.75) is 12.6 Å². The molecule has 1 aromatic rings. The van der Waals surface area contributed by atoms with Crippen molar-refractivity contribution in [2.24, 2.45) is 5.84 Å². The Morgan fingerprint density at radius 2 is 2.33 bits per heavy atom. The molecule has 1 aromatic carbocycles. The number of halogens is 2. The molecule has 0 bridgehead atoms. The lowest BCUT2D eigenvalue weighted by Crippen LogP contribution is -2.41. The van der Waals surface area contributed by atoms with E-state index in [4.69, 9.17) is 5.84 Å². The number of carbonyl (C=O) groups is 1. The second kappa shape index (κ2) is 6.79. The predicted octanol–water partition coefficient (Wildman–Crippen LogP) is 0.798. The molecule has 0 fully saturated rings. The number of carbonyl (C=O) groups excluding carboxylic acids is 1. The smallest absolute Gasteiger partial charge is 0.336 e. The lowest BCUT2D eigenvalue weighted by molar-refractivity contribution is -0.151. The van der Waals surface area contributed by atoms with Gasteiger partial charge in [0.05, 0.1) is 13.7 Å². The molecule has 7 heteroatoms. The molecule has 3 N–H and O–H groups in total. The number of aliphatic hydroxyl groups is 1. The fourth-order valence-corrected chi connectivity index (χ4v) is 1.70. The Kier molecular flexibility index (Phi) is 5.67. The number of aliphatic hydroxyl groups excluding tert-OH is 1. The minimum Gasteiger partial charge on any atom is -0.467 e. The van der Waals surface area contributed by atoms with Crippen LogP contribution in [0.3, 0.4) is 0 Å². The van der Waals surface area contributed by atoms with Crippen LogP contribution in [-0.4, -0.2) is 35.8 Å². The van der Waals surface area contributed by atoms with Gasteiger partial charge in [-0.2, -0.15) is 0 Å². The number of nitrogens with zero attached hydrogens (tertiary/aromatic N) is 1. The summed E-state index contributed by atoms with van der Waals surface area (Å²) in [7, 11) is 1.17. The summed E-state index contributed by atoms with van der Waals surface area (Å²) in [4.78, 5) is 11.0. The number of hydrogen-bond acceptors (Lipinski definition) is 5. The number of esters is 1. The summed E-state index contributed by atoms with van der Waals surface area (Å²) in [6.45, 7) is -0.0602. The maximum absolute atomic E-state index is 13.5. The highest BCUT2D eigenvalue weighted by Crippen LogP contribution is 2.16. The largest absolute Gasteiger partial charge is 0.467 e. The monoisotopic (exact) mass is 320 g/mol. The molecule has 0 aliphatic rings. The van der Waals surface area contributed by atoms with Crippen molar-refractivity contribution >= 4 is 21.9 Å². The van der Waals surface area contributed by atoms with Crippen LogP contribution in [0, 0.1) is 5.82 Å². The Balaban J connectivity index is 2.59. The number of ether oxygens (including phenoxy) is 1. The van der Waals surface area contributed by atoms with Crippen molar-refractivity contribution in [3.63, 3.8) is 0 Å². The molecule has 0 heterocycles. The summed E-state index contributed by atoms with van der Waals surface area (Å²) < 4.78 is 18.5. The SMILES string of the molecule is COC(=O)C(O)CN(N)Cc1ccc(Br)cc1F. The molecule has 0 saturated carbocycles. The first-order chi connectivity index (χ1) is 8.43. The molecular weight excluding hydrogens is 307 g/mol. The molecule has 18 heavy (non-hydrogen) atoms. The Bertz CT molecular complexity index is 431. The summed E-state index contributed by atoms with van der Waals surface area (Å²) in [6, 6.07) is 4.58. The predicted molar refractivity (Wildman–Crippen MR) is 66.7 cm³/mol. The van der Waals surface area contributed by atoms with Crippen LogP contribution in [0.4, 0.5) is 4.39 Å². The number of nitrogens with two attached hydrogens (primary N) is 1. The van der Waals surface area contributed by atoms with Gasteiger partial charge in [-0.05, 0) is 12.1 Å². The molecule has 0 aliphatic heterocycles. The van der Waals surface area contributed by atoms with Crippen molar-refractivity contribution < 1.29 is 19.0 Å². The Hall–Kier alpha value is -1.02. The van der Waals surface area contributed by atoms with Crippen LogP contribution in [0.1, 0.15) is 5.56 Å². The molecule has 1 unspecified atom stereocenters. The first kappa shape index (κ1) is 15.0. The fraction of sp³-hybridized carbons (Fsp3) is 0.364. The van der Waals surface area contributed by atoms with Crippen LogP contribution in [0.2, 0.25) is 0 Å². The molecular formula is C11H14BrFN2O3. The van der Waals surface area contributed by atoms with Gasteiger partial charge in [-0.3, -0.25) is 5.84 Å². The number of hydrogen-bond donors (Lipinski definition) is 2. The molecule has 1 atom stereocenters. The second-order valence-electron chi connectivity index (χ2n) is 3.70. The average Bonchev–Trinajstić information content (AvgIpc) is 2.31. The van der Waals surface area contributed by atoms with E-state index >= 15 is 0 Å². The normalized spacial score (nSPS) is 12.6. The van der Waals surface area contributed by atoms with Gasteiger partial charge in [0.25, 0.3) is 0 Å². The molecule has 100 valence electrons. The van der Waals surface area contributed by atoms with Gasteiger partial charge in [0.15, 0.2) is 6.10 Å². The first-order valence-corrected chi connectivity index (χ1v) is 5.92. The van der Waals surface area contributed by atoms with Crippen LogP contribution in [0.15, 0.2) is 22.7 Å². The van der Waals surface area contributed by atoms with Crippen molar-refractivity contribution in [1.82, 2.24) is 5.01 Å². The lowest BCUT2D eigenvalue weighted by atomic mass is 10.2. The van der Waals surface area contributed by atoms with Crippen LogP contribution in [0.5, 0.6) is 0 Å². The molecule has 0 aromatic heterocycles. The third-order valence-electron chi connectivity index (χ3n) is 2.27. The quantitative estimate of drug-likeness (QED) is 0.477. The van der Waals surface area contributed by atoms with E-state index in [2.05, 4.69) is 20.7 Å². The van der Waals surface area contributed by atoms with E-state index in [1.807, 2.05) is 0 Å². The lowest BCUT2D eigenvalue weighted by Gasteiger charge is -2.19. The molecule has 0 amide bonds. The third-order valence-corrected chi connectivity index (χ3v) is 2.76. The fourth-order valence-electron chi connectivity index (χ4n) is 1.37. The summed E-state index contributed by atoms with van der Waals surface area (Å²) in [5.41, 5.74) is 0.373. The van der Waals surface area contributed by atoms with E-state index in [-0.39, 0.29) is 13.1 Å². The number of methoxy groups -OCH3 is 1. The molecule has 5 nitrogen and oxygen atoms in total. The minimum atomic E-state index is -1.35. The van der Waals surface area contributed by atoms with Crippen molar-refractivity contribution in [3.8, 4) is 0 Å². The summed E-state index contributed by atoms with van der Waals surface area (Å²) >= 11 is 3.15. The van der Waals surface area contributed by atoms with Crippen LogP contribution in [-0.2, 0) is 16.1 Å². The van der Waals surface area contributed by atoms with E-state index < -0.39 is 17.9 Å². The topological polar surface area (TPSA) is 75.8 Å². The van der Waals surface area contributed by atoms with E-state index in [9.17, 15) is 14.3 Å². The van der Waals surface area contributed by atoms with Gasteiger partial charge >= 0.3 is 5.97 Å². The zero-order chi connectivity index (χ0) is 13.7. The van der Waals surface area contributed by atoms with Gasteiger partial charge in [-0.15, -0.1) is 0 Å². The highest BCUT2D eigenvalue weighted by molar-refractivity contribution is 9.10. The van der Waals surface area contributed by atoms with Crippen molar-refractivity contribution in [1.29, 1.82) is 0 Å². The third kappa shape index (κ3) is 4.34. The second-order valence-corrected chi connectivity index (χ2v) is 4.62. The minimum absolute atomic E-state index is 0.0766. The number of benzene rings is 1. The van der Waals surface area contributed by atoms with Gasteiger partial charge in [-0.25, -0.2) is 14.2 Å². The first-order valence-electron chi connectivity index (χ1n) is 5.13. The molecule has 0 aliphatic carbocycles. The number of rotatable bonds is 5. The summed E-state index contributed by atoms with van der Waals surface area (Å²) in [6.07, 6.45) is -1.35. The van der Waals surface area contributed by atoms with Crippen LogP contribution >= 0.6 is 15.9 Å². The zero-order valence-electron chi connectivity index (χ0n) is 9.77. The highest BCUT2D eigenvalue weighted by atomic mass is 79.9. The van der Waals surface area contributed by atoms with E-state index in [0.717, 1.165) is 5.01 Å². The summed E-state index contributed by atoms with van der Waals surface area (Å²) in [5, 5.41) is 10.5. The molecule has 0 spiro atoms. The Labute approximate surface area is 112 Å². The van der Waals surface area contributed by atoms with E-state index in [1.54, 1.807) is 12.1 Å². The van der Waals surface area contributed by atoms with Crippen molar-refractivity contribution in [2.75, 3.05) is 13.7 Å². The maximum Gasteiger partial charge on any atom is 0.336 e. The zero-order valence-corrected chi connectivity index (χ0v) is 11.4. The average molecular weight is 321 g/mol. The van der Waals surface area contributed by atoms with Gasteiger partial charge in [0, 0.05) is 16.6 Å². The number of hydrazine groups is 1. The summed E-state index contributed by atoms with van der Waals surface area (Å²) in [5.74, 6) is 4.41. The molecule has 1 rings (SSSR count). The van der Waals surface area contributed by atoms with E-state index in [1.165, 1.54) is 13.2 Å². The van der Waals surface area contributed by atoms with Gasteiger partial charge in [0.1, 0.15) is 5.82 Å². The standard InChI is InChI=1S/C11H14BrFN2O3/c1-18-11(17)10(16)6-15(14)5-7-2-3-8(12)4-9(7)13/h2-4,10,16H,5-6,14H2,1H3. The maximum atomic E-state index is 13.5. The van der Waals surface area contributed by atoms with Gasteiger partial charge < -0.3 is 9.84 Å². The Morgan fingerprint density at radius 3 is 2.89 bits per heavy atom. The van der Waals surface area contributed by atoms with Gasteiger partial charge in [-0.1, -0.05) is 22.0 Å². The highest BCUT2D eigenvalue weighted by Gasteiger charge is 2.18. The molecule has 0 saturated heterocycles.